The van der Waals surface area contributed by atoms with E-state index in [1.54, 1.807) is 0 Å². The van der Waals surface area contributed by atoms with Crippen LogP contribution < -0.4 is 0 Å². The molecule has 12 heavy (non-hydrogen) atoms. The number of rotatable bonds is 0. The van der Waals surface area contributed by atoms with Crippen molar-refractivity contribution in [3.63, 3.8) is 0 Å². The molecule has 0 atom stereocenters. The number of alkyl halides is 1. The van der Waals surface area contributed by atoms with Crippen LogP contribution in [-0.4, -0.2) is 5.88 Å². The summed E-state index contributed by atoms with van der Waals surface area (Å²) in [5.74, 6) is 6.17. The molecule has 0 nitrogen and oxygen atoms in total. The van der Waals surface area contributed by atoms with Crippen molar-refractivity contribution in [3.8, 4) is 11.8 Å². The fourth-order valence-corrected chi connectivity index (χ4v) is 1.28. The van der Waals surface area contributed by atoms with Gasteiger partial charge in [-0.25, -0.2) is 0 Å². The van der Waals surface area contributed by atoms with Crippen molar-refractivity contribution >= 4 is 27.5 Å². The van der Waals surface area contributed by atoms with Crippen molar-refractivity contribution in [2.24, 2.45) is 0 Å². The molecule has 0 fully saturated rings. The molecule has 0 radical (unpaired) electrons. The van der Waals surface area contributed by atoms with E-state index in [0.29, 0.717) is 5.88 Å². The number of halogens is 2. The number of aryl methyl sites for hydroxylation is 1. The van der Waals surface area contributed by atoms with E-state index in [2.05, 4.69) is 27.8 Å². The first-order chi connectivity index (χ1) is 5.74. The molecule has 0 aliphatic rings. The van der Waals surface area contributed by atoms with Crippen LogP contribution in [0.4, 0.5) is 0 Å². The van der Waals surface area contributed by atoms with E-state index in [9.17, 15) is 0 Å². The summed E-state index contributed by atoms with van der Waals surface area (Å²) in [7, 11) is 0. The lowest BCUT2D eigenvalue weighted by atomic mass is 10.1. The van der Waals surface area contributed by atoms with E-state index < -0.39 is 0 Å². The Morgan fingerprint density at radius 3 is 2.92 bits per heavy atom. The highest BCUT2D eigenvalue weighted by Crippen LogP contribution is 2.16. The van der Waals surface area contributed by atoms with Crippen LogP contribution >= 0.6 is 27.5 Å². The molecular weight excluding hydrogens is 235 g/mol. The fraction of sp³-hybridized carbons (Fsp3) is 0.200. The number of hydrogen-bond acceptors (Lipinski definition) is 0. The molecule has 0 heterocycles. The second-order valence-corrected chi connectivity index (χ2v) is 3.54. The molecule has 1 aromatic carbocycles. The van der Waals surface area contributed by atoms with E-state index in [1.807, 2.05) is 25.1 Å². The minimum Gasteiger partial charge on any atom is -0.113 e. The third kappa shape index (κ3) is 2.55. The van der Waals surface area contributed by atoms with E-state index in [1.165, 1.54) is 5.56 Å². The van der Waals surface area contributed by atoms with Crippen LogP contribution in [0.15, 0.2) is 22.7 Å². The molecule has 0 amide bonds. The molecule has 0 aliphatic heterocycles. The average Bonchev–Trinajstić information content (AvgIpc) is 2.07. The third-order valence-corrected chi connectivity index (χ3v) is 2.24. The van der Waals surface area contributed by atoms with Crippen molar-refractivity contribution < 1.29 is 0 Å². The molecule has 0 aromatic heterocycles. The number of benzene rings is 1. The first kappa shape index (κ1) is 9.64. The molecular formula is C10H8BrCl. The van der Waals surface area contributed by atoms with Gasteiger partial charge in [0.2, 0.25) is 0 Å². The monoisotopic (exact) mass is 242 g/mol. The van der Waals surface area contributed by atoms with Gasteiger partial charge in [-0.1, -0.05) is 17.9 Å². The molecule has 0 unspecified atom stereocenters. The third-order valence-electron chi connectivity index (χ3n) is 1.41. The Bertz CT molecular complexity index is 333. The molecule has 2 heteroatoms. The Hall–Kier alpha value is -0.450. The number of hydrogen-bond donors (Lipinski definition) is 0. The average molecular weight is 244 g/mol. The molecule has 1 aromatic rings. The van der Waals surface area contributed by atoms with Crippen molar-refractivity contribution in [3.05, 3.63) is 33.8 Å². The van der Waals surface area contributed by atoms with Crippen LogP contribution in [0.2, 0.25) is 0 Å². The summed E-state index contributed by atoms with van der Waals surface area (Å²) in [5, 5.41) is 0. The molecule has 1 rings (SSSR count). The maximum absolute atomic E-state index is 5.45. The first-order valence-corrected chi connectivity index (χ1v) is 4.88. The lowest BCUT2D eigenvalue weighted by Crippen LogP contribution is -1.79. The Balaban J connectivity index is 3.05. The van der Waals surface area contributed by atoms with E-state index in [0.717, 1.165) is 10.0 Å². The Kier molecular flexibility index (Phi) is 3.65. The zero-order chi connectivity index (χ0) is 8.97. The molecule has 62 valence electrons. The summed E-state index contributed by atoms with van der Waals surface area (Å²) in [5.41, 5.74) is 2.20. The molecule has 0 saturated carbocycles. The lowest BCUT2D eigenvalue weighted by molar-refractivity contribution is 1.43. The SMILES string of the molecule is Cc1ccc(Br)c(C#CCCl)c1. The maximum Gasteiger partial charge on any atom is 0.0839 e. The van der Waals surface area contributed by atoms with Gasteiger partial charge in [0.25, 0.3) is 0 Å². The summed E-state index contributed by atoms with van der Waals surface area (Å²) >= 11 is 8.87. The predicted octanol–water partition coefficient (Wildman–Crippen LogP) is 3.35. The van der Waals surface area contributed by atoms with Crippen LogP contribution in [0.5, 0.6) is 0 Å². The molecule has 0 aliphatic carbocycles. The molecule has 0 bridgehead atoms. The predicted molar refractivity (Wildman–Crippen MR) is 56.5 cm³/mol. The minimum atomic E-state index is 0.375. The highest BCUT2D eigenvalue weighted by molar-refractivity contribution is 9.10. The Morgan fingerprint density at radius 1 is 1.50 bits per heavy atom. The van der Waals surface area contributed by atoms with Gasteiger partial charge in [-0.05, 0) is 40.5 Å². The second-order valence-electron chi connectivity index (χ2n) is 2.42. The topological polar surface area (TPSA) is 0 Å². The smallest absolute Gasteiger partial charge is 0.0839 e. The quantitative estimate of drug-likeness (QED) is 0.484. The van der Waals surface area contributed by atoms with Crippen molar-refractivity contribution in [1.82, 2.24) is 0 Å². The van der Waals surface area contributed by atoms with Crippen LogP contribution in [-0.2, 0) is 0 Å². The van der Waals surface area contributed by atoms with E-state index in [4.69, 9.17) is 11.6 Å². The van der Waals surface area contributed by atoms with Gasteiger partial charge >= 0.3 is 0 Å². The van der Waals surface area contributed by atoms with Gasteiger partial charge in [-0.2, -0.15) is 0 Å². The zero-order valence-corrected chi connectivity index (χ0v) is 9.04. The minimum absolute atomic E-state index is 0.375. The molecule has 0 spiro atoms. The summed E-state index contributed by atoms with van der Waals surface area (Å²) in [6.45, 7) is 2.04. The summed E-state index contributed by atoms with van der Waals surface area (Å²) in [6, 6.07) is 6.06. The summed E-state index contributed by atoms with van der Waals surface area (Å²) < 4.78 is 1.02. The largest absolute Gasteiger partial charge is 0.113 e. The molecule has 0 saturated heterocycles. The zero-order valence-electron chi connectivity index (χ0n) is 6.70. The first-order valence-electron chi connectivity index (χ1n) is 3.55. The standard InChI is InChI=1S/C10H8BrCl/c1-8-4-5-10(11)9(7-8)3-2-6-12/h4-5,7H,6H2,1H3. The summed E-state index contributed by atoms with van der Waals surface area (Å²) in [4.78, 5) is 0. The Morgan fingerprint density at radius 2 is 2.25 bits per heavy atom. The van der Waals surface area contributed by atoms with Crippen molar-refractivity contribution in [2.75, 3.05) is 5.88 Å². The normalized spacial score (nSPS) is 8.92. The van der Waals surface area contributed by atoms with Crippen LogP contribution in [0.1, 0.15) is 11.1 Å². The van der Waals surface area contributed by atoms with E-state index in [-0.39, 0.29) is 0 Å². The van der Waals surface area contributed by atoms with Gasteiger partial charge < -0.3 is 0 Å². The molecule has 0 N–H and O–H groups in total. The second kappa shape index (κ2) is 4.54. The van der Waals surface area contributed by atoms with Gasteiger partial charge in [-0.15, -0.1) is 11.6 Å². The van der Waals surface area contributed by atoms with Gasteiger partial charge in [-0.3, -0.25) is 0 Å². The van der Waals surface area contributed by atoms with Gasteiger partial charge in [0.05, 0.1) is 5.88 Å². The van der Waals surface area contributed by atoms with Gasteiger partial charge in [0, 0.05) is 10.0 Å². The van der Waals surface area contributed by atoms with Gasteiger partial charge in [0.15, 0.2) is 0 Å². The maximum atomic E-state index is 5.45. The van der Waals surface area contributed by atoms with Crippen molar-refractivity contribution in [1.29, 1.82) is 0 Å². The van der Waals surface area contributed by atoms with Crippen LogP contribution in [0, 0.1) is 18.8 Å². The van der Waals surface area contributed by atoms with Gasteiger partial charge in [0.1, 0.15) is 0 Å². The van der Waals surface area contributed by atoms with Crippen LogP contribution in [0.25, 0.3) is 0 Å². The van der Waals surface area contributed by atoms with E-state index >= 15 is 0 Å². The summed E-state index contributed by atoms with van der Waals surface area (Å²) in [6.07, 6.45) is 0. The highest BCUT2D eigenvalue weighted by atomic mass is 79.9. The fourth-order valence-electron chi connectivity index (χ4n) is 0.864. The lowest BCUT2D eigenvalue weighted by Gasteiger charge is -1.96. The van der Waals surface area contributed by atoms with Crippen molar-refractivity contribution in [2.45, 2.75) is 6.92 Å². The van der Waals surface area contributed by atoms with Crippen LogP contribution in [0.3, 0.4) is 0 Å². The Labute approximate surface area is 86.1 Å². The highest BCUT2D eigenvalue weighted by Gasteiger charge is 1.94.